The van der Waals surface area contributed by atoms with Gasteiger partial charge in [0.2, 0.25) is 15.9 Å². The first kappa shape index (κ1) is 20.9. The van der Waals surface area contributed by atoms with Crippen molar-refractivity contribution in [1.82, 2.24) is 14.2 Å². The summed E-state index contributed by atoms with van der Waals surface area (Å²) in [5.41, 5.74) is 1.58. The third-order valence-corrected chi connectivity index (χ3v) is 7.62. The molecule has 28 heavy (non-hydrogen) atoms. The van der Waals surface area contributed by atoms with Gasteiger partial charge in [-0.2, -0.15) is 4.31 Å². The van der Waals surface area contributed by atoms with Gasteiger partial charge in [0.1, 0.15) is 5.01 Å². The van der Waals surface area contributed by atoms with Crippen LogP contribution in [0.1, 0.15) is 18.9 Å². The zero-order chi connectivity index (χ0) is 20.1. The van der Waals surface area contributed by atoms with E-state index in [0.29, 0.717) is 39.4 Å². The Morgan fingerprint density at radius 1 is 1.18 bits per heavy atom. The Morgan fingerprint density at radius 2 is 1.82 bits per heavy atom. The van der Waals surface area contributed by atoms with Crippen LogP contribution in [0.4, 0.5) is 0 Å². The van der Waals surface area contributed by atoms with Crippen molar-refractivity contribution in [1.29, 1.82) is 0 Å². The number of hydrogen-bond donors (Lipinski definition) is 0. The van der Waals surface area contributed by atoms with Crippen molar-refractivity contribution in [2.75, 3.05) is 39.4 Å². The zero-order valence-electron chi connectivity index (χ0n) is 16.1. The molecule has 1 fully saturated rings. The molecule has 0 unspecified atom stereocenters. The third kappa shape index (κ3) is 4.60. The van der Waals surface area contributed by atoms with Crippen LogP contribution in [0, 0.1) is 0 Å². The number of nitrogens with zero attached hydrogens (tertiary/aromatic N) is 3. The van der Waals surface area contributed by atoms with Gasteiger partial charge in [0, 0.05) is 37.1 Å². The molecule has 1 aromatic carbocycles. The molecule has 7 nitrogen and oxygen atoms in total. The van der Waals surface area contributed by atoms with E-state index >= 15 is 0 Å². The lowest BCUT2D eigenvalue weighted by atomic mass is 10.2. The van der Waals surface area contributed by atoms with Crippen molar-refractivity contribution in [3.8, 4) is 11.3 Å². The van der Waals surface area contributed by atoms with Crippen LogP contribution < -0.4 is 0 Å². The Kier molecular flexibility index (Phi) is 6.82. The van der Waals surface area contributed by atoms with Crippen LogP contribution in [0.15, 0.2) is 34.5 Å². The molecule has 1 amide bonds. The quantitative estimate of drug-likeness (QED) is 0.682. The van der Waals surface area contributed by atoms with Gasteiger partial charge < -0.3 is 9.64 Å². The fraction of sp³-hybridized carbons (Fsp3) is 0.474. The van der Waals surface area contributed by atoms with Crippen LogP contribution in [-0.2, 0) is 26.0 Å². The Hall–Kier alpha value is -1.81. The average Bonchev–Trinajstić information content (AvgIpc) is 3.18. The molecular formula is C19H25N3O4S2. The standard InChI is InChI=1S/C19H25N3O4S2/c1-3-22(4-2)28(24,25)16-7-5-15(6-8-16)17-14-27-18(20-17)13-19(23)21-9-11-26-12-10-21/h5-8,14H,3-4,9-13H2,1-2H3. The smallest absolute Gasteiger partial charge is 0.243 e. The molecule has 1 aromatic heterocycles. The molecule has 0 atom stereocenters. The Bertz CT molecular complexity index is 900. The number of benzene rings is 1. The average molecular weight is 424 g/mol. The highest BCUT2D eigenvalue weighted by atomic mass is 32.2. The van der Waals surface area contributed by atoms with E-state index in [1.165, 1.54) is 15.6 Å². The predicted molar refractivity (Wildman–Crippen MR) is 109 cm³/mol. The minimum Gasteiger partial charge on any atom is -0.378 e. The molecule has 152 valence electrons. The van der Waals surface area contributed by atoms with Crippen molar-refractivity contribution in [3.05, 3.63) is 34.7 Å². The number of aromatic nitrogens is 1. The molecule has 0 spiro atoms. The first-order valence-corrected chi connectivity index (χ1v) is 11.7. The first-order valence-electron chi connectivity index (χ1n) is 9.36. The van der Waals surface area contributed by atoms with E-state index < -0.39 is 10.0 Å². The van der Waals surface area contributed by atoms with Crippen molar-refractivity contribution in [2.24, 2.45) is 0 Å². The number of sulfonamides is 1. The number of carbonyl (C=O) groups excluding carboxylic acids is 1. The second-order valence-electron chi connectivity index (χ2n) is 6.41. The fourth-order valence-electron chi connectivity index (χ4n) is 3.09. The lowest BCUT2D eigenvalue weighted by Crippen LogP contribution is -2.41. The van der Waals surface area contributed by atoms with E-state index in [1.54, 1.807) is 29.2 Å². The number of rotatable bonds is 7. The maximum Gasteiger partial charge on any atom is 0.243 e. The van der Waals surface area contributed by atoms with Gasteiger partial charge in [-0.15, -0.1) is 11.3 Å². The van der Waals surface area contributed by atoms with Crippen molar-refractivity contribution in [3.63, 3.8) is 0 Å². The molecule has 0 N–H and O–H groups in total. The summed E-state index contributed by atoms with van der Waals surface area (Å²) in [6.07, 6.45) is 0.277. The van der Waals surface area contributed by atoms with Crippen LogP contribution in [0.2, 0.25) is 0 Å². The summed E-state index contributed by atoms with van der Waals surface area (Å²) in [5, 5.41) is 2.65. The summed E-state index contributed by atoms with van der Waals surface area (Å²) in [4.78, 5) is 19.0. The molecule has 2 aromatic rings. The first-order chi connectivity index (χ1) is 13.5. The number of amides is 1. The van der Waals surface area contributed by atoms with E-state index in [2.05, 4.69) is 4.98 Å². The van der Waals surface area contributed by atoms with Gasteiger partial charge in [0.05, 0.1) is 30.2 Å². The summed E-state index contributed by atoms with van der Waals surface area (Å²) in [6, 6.07) is 6.75. The molecule has 0 aliphatic carbocycles. The Morgan fingerprint density at radius 3 is 2.43 bits per heavy atom. The van der Waals surface area contributed by atoms with Crippen molar-refractivity contribution < 1.29 is 17.9 Å². The normalized spacial score (nSPS) is 15.2. The van der Waals surface area contributed by atoms with Gasteiger partial charge in [-0.05, 0) is 12.1 Å². The highest BCUT2D eigenvalue weighted by Crippen LogP contribution is 2.25. The Balaban J connectivity index is 1.70. The van der Waals surface area contributed by atoms with Crippen LogP contribution in [0.25, 0.3) is 11.3 Å². The van der Waals surface area contributed by atoms with Gasteiger partial charge in [0.15, 0.2) is 0 Å². The molecule has 2 heterocycles. The molecule has 0 bridgehead atoms. The van der Waals surface area contributed by atoms with Crippen molar-refractivity contribution >= 4 is 27.3 Å². The number of thiazole rings is 1. The maximum absolute atomic E-state index is 12.6. The lowest BCUT2D eigenvalue weighted by molar-refractivity contribution is -0.134. The SMILES string of the molecule is CCN(CC)S(=O)(=O)c1ccc(-c2csc(CC(=O)N3CCOCC3)n2)cc1. The van der Waals surface area contributed by atoms with Crippen LogP contribution in [0.5, 0.6) is 0 Å². The number of hydrogen-bond acceptors (Lipinski definition) is 6. The monoisotopic (exact) mass is 423 g/mol. The number of ether oxygens (including phenoxy) is 1. The third-order valence-electron chi connectivity index (χ3n) is 4.71. The lowest BCUT2D eigenvalue weighted by Gasteiger charge is -2.26. The largest absolute Gasteiger partial charge is 0.378 e. The molecule has 1 saturated heterocycles. The molecular weight excluding hydrogens is 398 g/mol. The predicted octanol–water partition coefficient (Wildman–Crippen LogP) is 2.24. The van der Waals surface area contributed by atoms with Crippen LogP contribution in [0.3, 0.4) is 0 Å². The summed E-state index contributed by atoms with van der Waals surface area (Å²) in [7, 11) is -3.47. The van der Waals surface area contributed by atoms with E-state index in [4.69, 9.17) is 4.74 Å². The summed E-state index contributed by atoms with van der Waals surface area (Å²) in [5.74, 6) is 0.0601. The molecule has 1 aliphatic heterocycles. The fourth-order valence-corrected chi connectivity index (χ4v) is 5.34. The highest BCUT2D eigenvalue weighted by molar-refractivity contribution is 7.89. The van der Waals surface area contributed by atoms with Crippen LogP contribution >= 0.6 is 11.3 Å². The topological polar surface area (TPSA) is 79.8 Å². The molecule has 0 saturated carbocycles. The summed E-state index contributed by atoms with van der Waals surface area (Å²) >= 11 is 1.44. The molecule has 3 rings (SSSR count). The second kappa shape index (κ2) is 9.13. The van der Waals surface area contributed by atoms with E-state index in [9.17, 15) is 13.2 Å². The number of carbonyl (C=O) groups is 1. The van der Waals surface area contributed by atoms with Crippen molar-refractivity contribution in [2.45, 2.75) is 25.2 Å². The highest BCUT2D eigenvalue weighted by Gasteiger charge is 2.22. The van der Waals surface area contributed by atoms with Gasteiger partial charge in [-0.25, -0.2) is 13.4 Å². The van der Waals surface area contributed by atoms with Gasteiger partial charge >= 0.3 is 0 Å². The number of morpholine rings is 1. The van der Waals surface area contributed by atoms with E-state index in [1.807, 2.05) is 19.2 Å². The zero-order valence-corrected chi connectivity index (χ0v) is 17.8. The van der Waals surface area contributed by atoms with Gasteiger partial charge in [-0.1, -0.05) is 26.0 Å². The van der Waals surface area contributed by atoms with E-state index in [-0.39, 0.29) is 17.2 Å². The second-order valence-corrected chi connectivity index (χ2v) is 9.29. The molecule has 1 aliphatic rings. The molecule has 9 heteroatoms. The van der Waals surface area contributed by atoms with Gasteiger partial charge in [0.25, 0.3) is 0 Å². The van der Waals surface area contributed by atoms with Crippen LogP contribution in [-0.4, -0.2) is 67.9 Å². The summed E-state index contributed by atoms with van der Waals surface area (Å²) < 4.78 is 31.9. The maximum atomic E-state index is 12.6. The van der Waals surface area contributed by atoms with E-state index in [0.717, 1.165) is 16.3 Å². The minimum atomic E-state index is -3.47. The Labute approximate surface area is 170 Å². The summed E-state index contributed by atoms with van der Waals surface area (Å²) in [6.45, 7) is 6.93. The molecule has 0 radical (unpaired) electrons. The van der Waals surface area contributed by atoms with Gasteiger partial charge in [-0.3, -0.25) is 4.79 Å². The minimum absolute atomic E-state index is 0.0601.